The van der Waals surface area contributed by atoms with Crippen molar-refractivity contribution >= 4 is 5.97 Å². The molecule has 0 unspecified atom stereocenters. The first-order chi connectivity index (χ1) is 6.84. The molecule has 82 valence electrons. The maximum absolute atomic E-state index is 10.8. The van der Waals surface area contributed by atoms with Gasteiger partial charge in [-0.15, -0.1) is 0 Å². The van der Waals surface area contributed by atoms with Crippen LogP contribution in [-0.2, 0) is 4.79 Å². The van der Waals surface area contributed by atoms with Crippen LogP contribution in [0.5, 0.6) is 0 Å². The summed E-state index contributed by atoms with van der Waals surface area (Å²) in [4.78, 5) is 10.8. The first kappa shape index (κ1) is 11.8. The second-order valence-corrected chi connectivity index (χ2v) is 4.72. The molecule has 1 N–H and O–H groups in total. The Morgan fingerprint density at radius 1 is 1.53 bits per heavy atom. The summed E-state index contributed by atoms with van der Waals surface area (Å²) in [6.45, 7) is 7.94. The Balaban J connectivity index is 3.16. The van der Waals surface area contributed by atoms with Gasteiger partial charge >= 0.3 is 5.97 Å². The van der Waals surface area contributed by atoms with Crippen LogP contribution < -0.4 is 0 Å². The molecule has 0 aromatic carbocycles. The Labute approximate surface area is 91.0 Å². The van der Waals surface area contributed by atoms with E-state index in [1.165, 1.54) is 0 Å². The molecule has 0 aromatic heterocycles. The van der Waals surface area contributed by atoms with Gasteiger partial charge in [-0.3, -0.25) is 0 Å². The molecule has 0 bridgehead atoms. The first-order valence-electron chi connectivity index (χ1n) is 5.14. The van der Waals surface area contributed by atoms with E-state index in [2.05, 4.69) is 26.0 Å². The van der Waals surface area contributed by atoms with Gasteiger partial charge in [0.25, 0.3) is 0 Å². The van der Waals surface area contributed by atoms with Gasteiger partial charge in [0.15, 0.2) is 0 Å². The van der Waals surface area contributed by atoms with Gasteiger partial charge < -0.3 is 5.11 Å². The maximum Gasteiger partial charge on any atom is 0.331 e. The molecule has 1 rings (SSSR count). The number of rotatable bonds is 2. The summed E-state index contributed by atoms with van der Waals surface area (Å²) in [5, 5.41) is 8.86. The summed E-state index contributed by atoms with van der Waals surface area (Å²) >= 11 is 0. The van der Waals surface area contributed by atoms with Crippen LogP contribution >= 0.6 is 0 Å². The average Bonchev–Trinajstić information content (AvgIpc) is 2.10. The molecule has 0 aromatic rings. The van der Waals surface area contributed by atoms with Crippen LogP contribution in [0.3, 0.4) is 0 Å². The second-order valence-electron chi connectivity index (χ2n) is 4.72. The Kier molecular flexibility index (Phi) is 3.18. The lowest BCUT2D eigenvalue weighted by molar-refractivity contribution is -0.132. The van der Waals surface area contributed by atoms with Gasteiger partial charge in [-0.05, 0) is 42.9 Å². The van der Waals surface area contributed by atoms with Crippen molar-refractivity contribution in [1.29, 1.82) is 0 Å². The van der Waals surface area contributed by atoms with Crippen LogP contribution in [0.2, 0.25) is 0 Å². The molecule has 2 heteroatoms. The minimum Gasteiger partial charge on any atom is -0.478 e. The summed E-state index contributed by atoms with van der Waals surface area (Å²) in [6.07, 6.45) is 6.96. The van der Waals surface area contributed by atoms with E-state index in [0.29, 0.717) is 5.57 Å². The molecule has 0 saturated heterocycles. The van der Waals surface area contributed by atoms with E-state index in [1.54, 1.807) is 13.0 Å². The molecule has 0 heterocycles. The highest BCUT2D eigenvalue weighted by atomic mass is 16.4. The van der Waals surface area contributed by atoms with Gasteiger partial charge in [-0.2, -0.15) is 0 Å². The zero-order chi connectivity index (χ0) is 11.6. The van der Waals surface area contributed by atoms with Crippen LogP contribution in [0.25, 0.3) is 0 Å². The number of allylic oxidation sites excluding steroid dienone is 5. The van der Waals surface area contributed by atoms with E-state index in [0.717, 1.165) is 17.6 Å². The van der Waals surface area contributed by atoms with Gasteiger partial charge in [0, 0.05) is 5.57 Å². The topological polar surface area (TPSA) is 37.3 Å². The molecule has 0 saturated carbocycles. The van der Waals surface area contributed by atoms with Crippen molar-refractivity contribution in [1.82, 2.24) is 0 Å². The van der Waals surface area contributed by atoms with Crippen molar-refractivity contribution in [2.24, 2.45) is 5.41 Å². The molecular formula is C13H18O2. The van der Waals surface area contributed by atoms with E-state index >= 15 is 0 Å². The van der Waals surface area contributed by atoms with Gasteiger partial charge in [0.1, 0.15) is 0 Å². The van der Waals surface area contributed by atoms with E-state index in [9.17, 15) is 4.79 Å². The van der Waals surface area contributed by atoms with E-state index in [4.69, 9.17) is 5.11 Å². The summed E-state index contributed by atoms with van der Waals surface area (Å²) in [7, 11) is 0. The molecule has 0 amide bonds. The predicted molar refractivity (Wildman–Crippen MR) is 61.6 cm³/mol. The number of carboxylic acid groups (broad SMARTS) is 1. The molecule has 0 spiro atoms. The predicted octanol–water partition coefficient (Wildman–Crippen LogP) is 3.32. The molecule has 1 aliphatic rings. The van der Waals surface area contributed by atoms with Crippen molar-refractivity contribution in [3.05, 3.63) is 34.9 Å². The Bertz CT molecular complexity index is 368. The average molecular weight is 206 g/mol. The Morgan fingerprint density at radius 3 is 2.60 bits per heavy atom. The minimum absolute atomic E-state index is 0.0372. The fraction of sp³-hybridized carbons (Fsp3) is 0.462. The number of hydrogen-bond donors (Lipinski definition) is 1. The third-order valence-corrected chi connectivity index (χ3v) is 2.85. The third kappa shape index (κ3) is 2.58. The quantitative estimate of drug-likeness (QED) is 0.704. The van der Waals surface area contributed by atoms with Crippen molar-refractivity contribution in [3.8, 4) is 0 Å². The normalized spacial score (nSPS) is 20.7. The Hall–Kier alpha value is -1.31. The van der Waals surface area contributed by atoms with E-state index < -0.39 is 5.97 Å². The summed E-state index contributed by atoms with van der Waals surface area (Å²) in [5.74, 6) is -0.847. The zero-order valence-electron chi connectivity index (χ0n) is 9.79. The van der Waals surface area contributed by atoms with Crippen LogP contribution in [0.15, 0.2) is 34.9 Å². The molecule has 15 heavy (non-hydrogen) atoms. The van der Waals surface area contributed by atoms with Crippen molar-refractivity contribution in [2.75, 3.05) is 0 Å². The Morgan fingerprint density at radius 2 is 2.13 bits per heavy atom. The first-order valence-corrected chi connectivity index (χ1v) is 5.14. The number of carbonyl (C=O) groups is 1. The highest BCUT2D eigenvalue weighted by molar-refractivity contribution is 5.86. The molecule has 0 aliphatic heterocycles. The van der Waals surface area contributed by atoms with Crippen LogP contribution in [0, 0.1) is 5.41 Å². The lowest BCUT2D eigenvalue weighted by Crippen LogP contribution is -2.17. The van der Waals surface area contributed by atoms with E-state index in [-0.39, 0.29) is 5.41 Å². The molecule has 0 fully saturated rings. The lowest BCUT2D eigenvalue weighted by atomic mass is 9.75. The molecular weight excluding hydrogens is 188 g/mol. The highest BCUT2D eigenvalue weighted by Crippen LogP contribution is 2.37. The van der Waals surface area contributed by atoms with E-state index in [1.807, 2.05) is 6.92 Å². The number of aliphatic carboxylic acids is 1. The fourth-order valence-corrected chi connectivity index (χ4v) is 1.85. The summed E-state index contributed by atoms with van der Waals surface area (Å²) < 4.78 is 0. The monoisotopic (exact) mass is 206 g/mol. The highest BCUT2D eigenvalue weighted by Gasteiger charge is 2.24. The maximum atomic E-state index is 10.8. The standard InChI is InChI=1S/C13H18O2/c1-9-6-5-7-13(3,4)11(9)8-10(2)12(14)15/h5-6,8H,7H2,1-4H3,(H,14,15)/b10-8+. The molecule has 0 radical (unpaired) electrons. The van der Waals surface area contributed by atoms with Gasteiger partial charge in [-0.25, -0.2) is 4.79 Å². The van der Waals surface area contributed by atoms with Gasteiger partial charge in [0.05, 0.1) is 0 Å². The molecule has 1 aliphatic carbocycles. The minimum atomic E-state index is -0.847. The van der Waals surface area contributed by atoms with Crippen LogP contribution in [-0.4, -0.2) is 11.1 Å². The van der Waals surface area contributed by atoms with Gasteiger partial charge in [-0.1, -0.05) is 26.0 Å². The summed E-state index contributed by atoms with van der Waals surface area (Å²) in [6, 6.07) is 0. The van der Waals surface area contributed by atoms with Gasteiger partial charge in [0.2, 0.25) is 0 Å². The molecule has 0 atom stereocenters. The van der Waals surface area contributed by atoms with Crippen molar-refractivity contribution in [3.63, 3.8) is 0 Å². The fourth-order valence-electron chi connectivity index (χ4n) is 1.85. The van der Waals surface area contributed by atoms with Crippen molar-refractivity contribution in [2.45, 2.75) is 34.1 Å². The summed E-state index contributed by atoms with van der Waals surface area (Å²) in [5.41, 5.74) is 2.72. The lowest BCUT2D eigenvalue weighted by Gasteiger charge is -2.29. The van der Waals surface area contributed by atoms with Crippen LogP contribution in [0.1, 0.15) is 34.1 Å². The number of carboxylic acids is 1. The number of hydrogen-bond acceptors (Lipinski definition) is 1. The van der Waals surface area contributed by atoms with Crippen LogP contribution in [0.4, 0.5) is 0 Å². The second kappa shape index (κ2) is 4.05. The smallest absolute Gasteiger partial charge is 0.331 e. The zero-order valence-corrected chi connectivity index (χ0v) is 9.79. The van der Waals surface area contributed by atoms with Crippen molar-refractivity contribution < 1.29 is 9.90 Å². The third-order valence-electron chi connectivity index (χ3n) is 2.85. The largest absolute Gasteiger partial charge is 0.478 e. The SMILES string of the molecule is CC1=C(/C=C(\C)C(=O)O)C(C)(C)CC=C1. The molecule has 2 nitrogen and oxygen atoms in total.